The first-order valence-corrected chi connectivity index (χ1v) is 45.8. The van der Waals surface area contributed by atoms with Gasteiger partial charge >= 0.3 is 0 Å². The highest BCUT2D eigenvalue weighted by Crippen LogP contribution is 2.50. The second-order valence-corrected chi connectivity index (χ2v) is 38.1. The lowest BCUT2D eigenvalue weighted by atomic mass is 9.94. The molecule has 0 saturated carbocycles. The quantitative estimate of drug-likeness (QED) is 0.0743. The fourth-order valence-electron chi connectivity index (χ4n) is 18.7. The summed E-state index contributed by atoms with van der Waals surface area (Å²) in [6.45, 7) is 7.18. The summed E-state index contributed by atoms with van der Waals surface area (Å²) in [5.74, 6) is 0. The smallest absolute Gasteiger partial charge is 0.159 e. The molecule has 0 atom stereocenters. The van der Waals surface area contributed by atoms with Crippen molar-refractivity contribution in [3.8, 4) is 22.3 Å². The highest BCUT2D eigenvalue weighted by atomic mass is 28.3. The fraction of sp³-hybridized carbons (Fsp3) is 0.0261. The highest BCUT2D eigenvalue weighted by molar-refractivity contribution is 6.88. The number of para-hydroxylation sites is 9. The van der Waals surface area contributed by atoms with Crippen LogP contribution in [0.25, 0.3) is 153 Å². The number of hydrogen-bond donors (Lipinski definition) is 0. The van der Waals surface area contributed by atoms with Crippen LogP contribution < -0.4 is 24.8 Å². The number of hydrogen-bond acceptors (Lipinski definition) is 8. The molecular weight excluding hydrogens is 1530 g/mol. The zero-order valence-electron chi connectivity index (χ0n) is 68.4. The second kappa shape index (κ2) is 30.1. The van der Waals surface area contributed by atoms with E-state index in [1.54, 1.807) is 0 Å². The summed E-state index contributed by atoms with van der Waals surface area (Å²) in [5.41, 5.74) is 24.3. The van der Waals surface area contributed by atoms with E-state index in [4.69, 9.17) is 17.7 Å². The average Bonchev–Trinajstić information content (AvgIpc) is 1.53. The van der Waals surface area contributed by atoms with Crippen molar-refractivity contribution in [2.24, 2.45) is 0 Å². The molecule has 9 heteroatoms. The van der Waals surface area contributed by atoms with Gasteiger partial charge in [0.1, 0.15) is 33.5 Å². The molecule has 588 valence electrons. The monoisotopic (exact) mass is 1610 g/mol. The molecular formula is C115H80N4O4Si. The lowest BCUT2D eigenvalue weighted by molar-refractivity contribution is 0.668. The van der Waals surface area contributed by atoms with Gasteiger partial charge in [-0.15, -0.1) is 0 Å². The van der Waals surface area contributed by atoms with E-state index in [0.29, 0.717) is 0 Å². The van der Waals surface area contributed by atoms with Crippen molar-refractivity contribution in [3.63, 3.8) is 0 Å². The first-order valence-electron chi connectivity index (χ1n) is 42.3. The van der Waals surface area contributed by atoms with Crippen LogP contribution in [0.3, 0.4) is 0 Å². The van der Waals surface area contributed by atoms with Gasteiger partial charge < -0.3 is 37.3 Å². The SMILES string of the molecule is C[Si](C)(C)c1ccc(N(c2ccccc2)c2ccc3c(c2)oc2c4ccc(-c5ccc(N(c6ccccc6)c6cccc7c6oc6ccccc67)cc5)cc4c4ccccc4c32)cc1.c1ccc(N(c2ccccc2)c2ccc3c(c2)oc2c4ccc(-c5ccc(N(c6ccccc6)c6cccc7c6oc6ccccc67)cc5)cc4c4ccccc4c32)cc1. The molecule has 0 spiro atoms. The van der Waals surface area contributed by atoms with Gasteiger partial charge in [0.2, 0.25) is 0 Å². The Morgan fingerprint density at radius 2 is 0.444 bits per heavy atom. The van der Waals surface area contributed by atoms with Crippen molar-refractivity contribution in [3.05, 3.63) is 431 Å². The predicted molar refractivity (Wildman–Crippen MR) is 525 cm³/mol. The molecule has 24 rings (SSSR count). The minimum atomic E-state index is -1.45. The van der Waals surface area contributed by atoms with Crippen LogP contribution >= 0.6 is 0 Å². The number of rotatable bonds is 15. The summed E-state index contributed by atoms with van der Waals surface area (Å²) in [6.07, 6.45) is 0. The fourth-order valence-corrected chi connectivity index (χ4v) is 19.9. The van der Waals surface area contributed by atoms with Crippen molar-refractivity contribution in [1.29, 1.82) is 0 Å². The second-order valence-electron chi connectivity index (χ2n) is 33.0. The molecule has 124 heavy (non-hydrogen) atoms. The van der Waals surface area contributed by atoms with E-state index < -0.39 is 8.07 Å². The van der Waals surface area contributed by atoms with Crippen molar-refractivity contribution in [2.45, 2.75) is 19.6 Å². The molecule has 0 unspecified atom stereocenters. The molecule has 0 saturated heterocycles. The topological polar surface area (TPSA) is 65.5 Å². The Morgan fingerprint density at radius 1 is 0.169 bits per heavy atom. The minimum Gasteiger partial charge on any atom is -0.455 e. The first-order chi connectivity index (χ1) is 61.1. The molecule has 20 aromatic carbocycles. The van der Waals surface area contributed by atoms with Gasteiger partial charge in [0.25, 0.3) is 0 Å². The van der Waals surface area contributed by atoms with E-state index in [2.05, 4.69) is 446 Å². The van der Waals surface area contributed by atoms with Gasteiger partial charge in [-0.3, -0.25) is 0 Å². The molecule has 4 aromatic heterocycles. The number of benzene rings is 20. The Bertz CT molecular complexity index is 8170. The van der Waals surface area contributed by atoms with Crippen LogP contribution in [0.2, 0.25) is 19.6 Å². The summed E-state index contributed by atoms with van der Waals surface area (Å²) in [4.78, 5) is 9.17. The molecule has 0 fully saturated rings. The third-order valence-corrected chi connectivity index (χ3v) is 26.7. The van der Waals surface area contributed by atoms with Gasteiger partial charge in [0.05, 0.1) is 19.4 Å². The van der Waals surface area contributed by atoms with Crippen molar-refractivity contribution < 1.29 is 17.7 Å². The molecule has 8 nitrogen and oxygen atoms in total. The molecule has 24 aromatic rings. The molecule has 0 N–H and O–H groups in total. The Labute approximate surface area is 717 Å². The minimum absolute atomic E-state index is 0.859. The first kappa shape index (κ1) is 73.2. The normalized spacial score (nSPS) is 11.8. The molecule has 0 bridgehead atoms. The van der Waals surface area contributed by atoms with Crippen LogP contribution in [0.5, 0.6) is 0 Å². The van der Waals surface area contributed by atoms with E-state index in [1.165, 1.54) is 32.1 Å². The third kappa shape index (κ3) is 12.7. The van der Waals surface area contributed by atoms with E-state index in [0.717, 1.165) is 194 Å². The zero-order valence-corrected chi connectivity index (χ0v) is 69.4. The molecule has 0 radical (unpaired) electrons. The van der Waals surface area contributed by atoms with Crippen LogP contribution in [-0.2, 0) is 0 Å². The number of fused-ring (bicyclic) bond motifs is 22. The lowest BCUT2D eigenvalue weighted by Gasteiger charge is -2.26. The van der Waals surface area contributed by atoms with Crippen molar-refractivity contribution in [1.82, 2.24) is 0 Å². The Kier molecular flexibility index (Phi) is 17.8. The number of nitrogens with zero attached hydrogens (tertiary/aromatic N) is 4. The standard InChI is InChI=1S/C59H44N2O2Si.C56H36N2O2/c1-64(2,3)46-33-30-43(31-34-46)60(41-15-6-4-7-16-41)45-32-36-52-56(38-45)63-59-51-35-27-40(37-53(51)47-19-10-11-21-49(47)57(52)59)39-25-28-44(29-26-39)61(42-17-8-5-9-18-42)54-23-14-22-50-48-20-12-13-24-55(48)62-58(50)54;1-4-15-39(16-5-1)57(40-17-6-2-7-18-40)43-32-34-49-53(36-43)60-56-48-33-29-38(35-50(48)44-21-10-11-23-46(44)54(49)56)37-27-30-42(31-28-37)58(41-19-8-3-9-20-41)51-25-14-24-47-45-22-12-13-26-52(45)59-55(47)51/h4-38H,1-3H3;1-36H. The summed E-state index contributed by atoms with van der Waals surface area (Å²) in [7, 11) is -1.45. The Hall–Kier alpha value is -15.9. The van der Waals surface area contributed by atoms with Crippen molar-refractivity contribution in [2.75, 3.05) is 19.6 Å². The van der Waals surface area contributed by atoms with E-state index in [-0.39, 0.29) is 0 Å². The summed E-state index contributed by atoms with van der Waals surface area (Å²) < 4.78 is 27.0. The van der Waals surface area contributed by atoms with Crippen molar-refractivity contribution >= 4 is 212 Å². The lowest BCUT2D eigenvalue weighted by Crippen LogP contribution is -2.37. The summed E-state index contributed by atoms with van der Waals surface area (Å²) >= 11 is 0. The molecule has 0 aliphatic rings. The average molecular weight is 1610 g/mol. The molecule has 0 amide bonds. The van der Waals surface area contributed by atoms with Gasteiger partial charge in [-0.2, -0.15) is 0 Å². The van der Waals surface area contributed by atoms with Crippen LogP contribution in [0.15, 0.2) is 448 Å². The van der Waals surface area contributed by atoms with E-state index >= 15 is 0 Å². The maximum Gasteiger partial charge on any atom is 0.159 e. The molecule has 0 aliphatic carbocycles. The van der Waals surface area contributed by atoms with Crippen LogP contribution in [-0.4, -0.2) is 8.07 Å². The third-order valence-electron chi connectivity index (χ3n) is 24.6. The summed E-state index contributed by atoms with van der Waals surface area (Å²) in [5, 5.41) is 19.7. The summed E-state index contributed by atoms with van der Waals surface area (Å²) in [6, 6.07) is 153. The van der Waals surface area contributed by atoms with Gasteiger partial charge in [0.15, 0.2) is 11.2 Å². The van der Waals surface area contributed by atoms with Crippen LogP contribution in [0.1, 0.15) is 0 Å². The van der Waals surface area contributed by atoms with Gasteiger partial charge in [-0.05, 0) is 224 Å². The highest BCUT2D eigenvalue weighted by Gasteiger charge is 2.27. The maximum absolute atomic E-state index is 6.99. The van der Waals surface area contributed by atoms with Crippen LogP contribution in [0.4, 0.5) is 68.2 Å². The van der Waals surface area contributed by atoms with Gasteiger partial charge in [0, 0.05) is 123 Å². The zero-order chi connectivity index (χ0) is 82.5. The maximum atomic E-state index is 6.99. The van der Waals surface area contributed by atoms with E-state index in [1.807, 2.05) is 24.3 Å². The molecule has 0 aliphatic heterocycles. The van der Waals surface area contributed by atoms with Crippen LogP contribution in [0, 0.1) is 0 Å². The largest absolute Gasteiger partial charge is 0.455 e. The Balaban J connectivity index is 0.000000144. The number of anilines is 12. The molecule has 4 heterocycles. The number of furan rings is 4. The predicted octanol–water partition coefficient (Wildman–Crippen LogP) is 33.3. The Morgan fingerprint density at radius 3 is 0.823 bits per heavy atom. The van der Waals surface area contributed by atoms with Gasteiger partial charge in [-0.25, -0.2) is 0 Å². The van der Waals surface area contributed by atoms with E-state index in [9.17, 15) is 0 Å². The van der Waals surface area contributed by atoms with Gasteiger partial charge in [-0.1, -0.05) is 274 Å².